The maximum Gasteiger partial charge on any atom is 0.448 e. The van der Waals surface area contributed by atoms with Gasteiger partial charge in [0.2, 0.25) is 11.8 Å². The van der Waals surface area contributed by atoms with Gasteiger partial charge in [-0.25, -0.2) is 0 Å². The van der Waals surface area contributed by atoms with E-state index in [2.05, 4.69) is 0 Å². The molecule has 188 valence electrons. The smallest absolute Gasteiger partial charge is 0.427 e. The molecule has 23 heteroatoms. The summed E-state index contributed by atoms with van der Waals surface area (Å²) in [5, 5.41) is 30.0. The largest absolute Gasteiger partial charge is 0.448 e. The van der Waals surface area contributed by atoms with Crippen LogP contribution >= 0.6 is 0 Å². The van der Waals surface area contributed by atoms with E-state index in [0.717, 1.165) is 0 Å². The van der Waals surface area contributed by atoms with Gasteiger partial charge >= 0.3 is 44.0 Å². The molecule has 0 saturated heterocycles. The number of aliphatic hydroxyl groups is 2. The average Bonchev–Trinajstić information content (AvgIpc) is 2.11. The molecule has 0 fully saturated rings. The standard InChI is InChI=1S/2C4H2F8O.CH5BO2.2Zn/c2*5-2(6,7)1(3(8,9)10)4(11,12)13;1-2(3)4;;/h2*1,13H;3-4H,1H3;;. The Kier molecular flexibility index (Phi) is 18.2. The third-order valence-corrected chi connectivity index (χ3v) is 2.00. The molecule has 0 heterocycles. The fourth-order valence-corrected chi connectivity index (χ4v) is 1.16. The predicted octanol–water partition coefficient (Wildman–Crippen LogP) is 3.71. The quantitative estimate of drug-likeness (QED) is 0.279. The topological polar surface area (TPSA) is 80.9 Å². The van der Waals surface area contributed by atoms with Crippen LogP contribution in [0, 0.1) is 11.8 Å². The molecule has 0 aliphatic heterocycles. The third kappa shape index (κ3) is 19.5. The Morgan fingerprint density at radius 1 is 0.469 bits per heavy atom. The van der Waals surface area contributed by atoms with Crippen molar-refractivity contribution in [1.29, 1.82) is 0 Å². The van der Waals surface area contributed by atoms with E-state index in [-0.39, 0.29) is 39.0 Å². The Morgan fingerprint density at radius 2 is 0.562 bits per heavy atom. The maximum absolute atomic E-state index is 11.5. The zero-order chi connectivity index (χ0) is 25.7. The summed E-state index contributed by atoms with van der Waals surface area (Å²) in [6.07, 6.45) is -36.7. The first-order valence-corrected chi connectivity index (χ1v) is 6.30. The van der Waals surface area contributed by atoms with Gasteiger partial charge in [0, 0.05) is 39.0 Å². The summed E-state index contributed by atoms with van der Waals surface area (Å²) in [5.41, 5.74) is 0. The third-order valence-electron chi connectivity index (χ3n) is 2.00. The van der Waals surface area contributed by atoms with Gasteiger partial charge in [0.1, 0.15) is 0 Å². The van der Waals surface area contributed by atoms with Crippen LogP contribution in [0.3, 0.4) is 0 Å². The molecule has 0 aromatic rings. The molecular formula is C9H9BF16O4Zn2. The summed E-state index contributed by atoms with van der Waals surface area (Å²) in [6.45, 7) is 1.28. The minimum Gasteiger partial charge on any atom is -0.427 e. The second kappa shape index (κ2) is 13.8. The Balaban J connectivity index is -0.000000123. The molecule has 0 bridgehead atoms. The van der Waals surface area contributed by atoms with Gasteiger partial charge in [0.25, 0.3) is 0 Å². The van der Waals surface area contributed by atoms with Gasteiger partial charge in [-0.1, -0.05) is 0 Å². The van der Waals surface area contributed by atoms with E-state index in [4.69, 9.17) is 20.3 Å². The SMILES string of the molecule is CB(O)O.OC(F)(F)C(C(F)(F)F)C(F)(F)F.OC(F)(F)C(C(F)(F)F)C(F)(F)F.[Zn].[Zn]. The van der Waals surface area contributed by atoms with Crippen LogP contribution in [0.1, 0.15) is 0 Å². The van der Waals surface area contributed by atoms with Gasteiger partial charge in [-0.3, -0.25) is 0 Å². The number of halogens is 16. The first-order valence-electron chi connectivity index (χ1n) is 6.30. The Morgan fingerprint density at radius 3 is 0.562 bits per heavy atom. The van der Waals surface area contributed by atoms with Crippen LogP contribution in [0.25, 0.3) is 0 Å². The number of hydrogen-bond donors (Lipinski definition) is 4. The van der Waals surface area contributed by atoms with E-state index in [0.29, 0.717) is 0 Å². The van der Waals surface area contributed by atoms with Crippen LogP contribution < -0.4 is 0 Å². The molecule has 0 aliphatic carbocycles. The summed E-state index contributed by atoms with van der Waals surface area (Å²) in [5.74, 6) is -10.1. The van der Waals surface area contributed by atoms with Crippen molar-refractivity contribution in [1.82, 2.24) is 0 Å². The normalized spacial score (nSPS) is 13.2. The number of hydrogen-bond acceptors (Lipinski definition) is 4. The van der Waals surface area contributed by atoms with Crippen LogP contribution in [-0.4, -0.2) is 64.3 Å². The van der Waals surface area contributed by atoms with E-state index < -0.39 is 55.9 Å². The molecule has 0 aromatic carbocycles. The van der Waals surface area contributed by atoms with Crippen LogP contribution in [0.4, 0.5) is 70.2 Å². The van der Waals surface area contributed by atoms with Gasteiger partial charge in [0.15, 0.2) is 0 Å². The summed E-state index contributed by atoms with van der Waals surface area (Å²) in [6, 6.07) is 0. The van der Waals surface area contributed by atoms with Crippen molar-refractivity contribution >= 4 is 7.12 Å². The molecule has 0 unspecified atom stereocenters. The minimum atomic E-state index is -6.24. The summed E-state index contributed by atoms with van der Waals surface area (Å²) in [7, 11) is -1.17. The molecule has 0 saturated carbocycles. The molecule has 4 N–H and O–H groups in total. The second-order valence-corrected chi connectivity index (χ2v) is 4.84. The molecular weight excluding hydrogens is 618 g/mol. The Bertz CT molecular complexity index is 381. The zero-order valence-corrected chi connectivity index (χ0v) is 20.9. The fraction of sp³-hybridized carbons (Fsp3) is 1.00. The summed E-state index contributed by atoms with van der Waals surface area (Å²) < 4.78 is 182. The van der Waals surface area contributed by atoms with E-state index >= 15 is 0 Å². The molecule has 0 amide bonds. The Labute approximate surface area is 192 Å². The first kappa shape index (κ1) is 42.2. The van der Waals surface area contributed by atoms with Gasteiger partial charge in [-0.15, -0.1) is 0 Å². The second-order valence-electron chi connectivity index (χ2n) is 4.84. The van der Waals surface area contributed by atoms with Gasteiger partial charge < -0.3 is 20.3 Å². The van der Waals surface area contributed by atoms with Crippen LogP contribution in [0.2, 0.25) is 6.82 Å². The Hall–Kier alpha value is 0.0317. The number of alkyl halides is 16. The average molecular weight is 627 g/mol. The molecule has 32 heavy (non-hydrogen) atoms. The summed E-state index contributed by atoms with van der Waals surface area (Å²) >= 11 is 0. The monoisotopic (exact) mass is 624 g/mol. The minimum absolute atomic E-state index is 0. The van der Waals surface area contributed by atoms with E-state index in [1.807, 2.05) is 0 Å². The maximum atomic E-state index is 11.5. The predicted molar refractivity (Wildman–Crippen MR) is 61.6 cm³/mol. The van der Waals surface area contributed by atoms with E-state index in [9.17, 15) is 70.2 Å². The number of rotatable bonds is 2. The van der Waals surface area contributed by atoms with Crippen LogP contribution in [0.5, 0.6) is 0 Å². The van der Waals surface area contributed by atoms with Gasteiger partial charge in [0.05, 0.1) is 0 Å². The van der Waals surface area contributed by atoms with Crippen molar-refractivity contribution < 1.29 is 129 Å². The van der Waals surface area contributed by atoms with Crippen molar-refractivity contribution in [3.63, 3.8) is 0 Å². The van der Waals surface area contributed by atoms with Crippen molar-refractivity contribution in [3.05, 3.63) is 0 Å². The molecule has 0 spiro atoms. The van der Waals surface area contributed by atoms with E-state index in [1.54, 1.807) is 0 Å². The molecule has 0 aliphatic rings. The molecule has 0 radical (unpaired) electrons. The van der Waals surface area contributed by atoms with Crippen LogP contribution in [0.15, 0.2) is 0 Å². The van der Waals surface area contributed by atoms with E-state index in [1.165, 1.54) is 6.82 Å². The molecule has 4 nitrogen and oxygen atoms in total. The molecule has 0 atom stereocenters. The van der Waals surface area contributed by atoms with Crippen molar-refractivity contribution in [3.8, 4) is 0 Å². The van der Waals surface area contributed by atoms with Gasteiger partial charge in [-0.05, 0) is 6.82 Å². The van der Waals surface area contributed by atoms with Crippen molar-refractivity contribution in [2.75, 3.05) is 0 Å². The van der Waals surface area contributed by atoms with Gasteiger partial charge in [-0.2, -0.15) is 70.2 Å². The molecule has 0 rings (SSSR count). The zero-order valence-electron chi connectivity index (χ0n) is 15.0. The molecule has 0 aromatic heterocycles. The fourth-order valence-electron chi connectivity index (χ4n) is 1.16. The van der Waals surface area contributed by atoms with Crippen molar-refractivity contribution in [2.45, 2.75) is 43.7 Å². The first-order chi connectivity index (χ1) is 12.5. The summed E-state index contributed by atoms with van der Waals surface area (Å²) in [4.78, 5) is 0. The van der Waals surface area contributed by atoms with Crippen LogP contribution in [-0.2, 0) is 39.0 Å². The van der Waals surface area contributed by atoms with Crippen molar-refractivity contribution in [2.24, 2.45) is 11.8 Å².